The summed E-state index contributed by atoms with van der Waals surface area (Å²) in [5.41, 5.74) is 2.36. The molecule has 0 spiro atoms. The highest BCUT2D eigenvalue weighted by Crippen LogP contribution is 2.27. The van der Waals surface area contributed by atoms with Gasteiger partial charge in [0.2, 0.25) is 5.91 Å². The van der Waals surface area contributed by atoms with Crippen molar-refractivity contribution in [2.24, 2.45) is 0 Å². The number of rotatable bonds is 3. The quantitative estimate of drug-likeness (QED) is 0.849. The van der Waals surface area contributed by atoms with Gasteiger partial charge in [-0.05, 0) is 18.1 Å². The van der Waals surface area contributed by atoms with E-state index in [1.165, 1.54) is 5.56 Å². The Hall–Kier alpha value is -2.47. The molecule has 24 heavy (non-hydrogen) atoms. The van der Waals surface area contributed by atoms with E-state index in [-0.39, 0.29) is 5.91 Å². The van der Waals surface area contributed by atoms with Gasteiger partial charge in [-0.3, -0.25) is 14.7 Å². The Bertz CT molecular complexity index is 712. The molecule has 6 nitrogen and oxygen atoms in total. The Morgan fingerprint density at radius 2 is 1.88 bits per heavy atom. The number of hydrogen-bond donors (Lipinski definition) is 0. The molecule has 124 valence electrons. The van der Waals surface area contributed by atoms with Crippen molar-refractivity contribution in [1.29, 1.82) is 0 Å². The summed E-state index contributed by atoms with van der Waals surface area (Å²) in [6, 6.07) is 8.21. The summed E-state index contributed by atoms with van der Waals surface area (Å²) in [6.07, 6.45) is 6.16. The van der Waals surface area contributed by atoms with E-state index >= 15 is 0 Å². The van der Waals surface area contributed by atoms with Crippen molar-refractivity contribution in [3.8, 4) is 0 Å². The second-order valence-corrected chi connectivity index (χ2v) is 6.25. The molecule has 3 heterocycles. The minimum atomic E-state index is 0.202. The average Bonchev–Trinajstić information content (AvgIpc) is 3.07. The number of nitrogens with zero attached hydrogens (tertiary/aromatic N) is 5. The van der Waals surface area contributed by atoms with Gasteiger partial charge in [0.15, 0.2) is 0 Å². The summed E-state index contributed by atoms with van der Waals surface area (Å²) in [5, 5.41) is 0. The van der Waals surface area contributed by atoms with Gasteiger partial charge in [-0.25, -0.2) is 4.98 Å². The standard InChI is InChI=1S/C18H21N5O/c24-18(23-8-5-15-3-1-2-4-16(15)23)14-21-9-11-22(12-10-21)17-13-19-6-7-20-17/h1-4,6-7,13H,5,8-12,14H2. The first-order valence-corrected chi connectivity index (χ1v) is 8.43. The first kappa shape index (κ1) is 15.1. The zero-order chi connectivity index (χ0) is 16.4. The van der Waals surface area contributed by atoms with Gasteiger partial charge in [-0.15, -0.1) is 0 Å². The fraction of sp³-hybridized carbons (Fsp3) is 0.389. The topological polar surface area (TPSA) is 52.6 Å². The number of carbonyl (C=O) groups is 1. The molecule has 0 atom stereocenters. The van der Waals surface area contributed by atoms with Crippen molar-refractivity contribution in [1.82, 2.24) is 14.9 Å². The van der Waals surface area contributed by atoms with Gasteiger partial charge >= 0.3 is 0 Å². The van der Waals surface area contributed by atoms with Crippen molar-refractivity contribution >= 4 is 17.4 Å². The number of fused-ring (bicyclic) bond motifs is 1. The molecule has 1 amide bonds. The molecule has 2 aliphatic heterocycles. The van der Waals surface area contributed by atoms with E-state index in [9.17, 15) is 4.79 Å². The van der Waals surface area contributed by atoms with Crippen LogP contribution in [0.15, 0.2) is 42.9 Å². The van der Waals surface area contributed by atoms with Crippen LogP contribution in [0.2, 0.25) is 0 Å². The van der Waals surface area contributed by atoms with E-state index in [4.69, 9.17) is 0 Å². The summed E-state index contributed by atoms with van der Waals surface area (Å²) in [5.74, 6) is 1.12. The second-order valence-electron chi connectivity index (χ2n) is 6.25. The molecule has 1 aromatic heterocycles. The molecule has 0 unspecified atom stereocenters. The zero-order valence-electron chi connectivity index (χ0n) is 13.6. The van der Waals surface area contributed by atoms with Crippen molar-refractivity contribution in [2.75, 3.05) is 49.1 Å². The van der Waals surface area contributed by atoms with Gasteiger partial charge in [0.05, 0.1) is 12.7 Å². The van der Waals surface area contributed by atoms with Crippen LogP contribution in [-0.4, -0.2) is 60.0 Å². The highest BCUT2D eigenvalue weighted by molar-refractivity contribution is 5.96. The molecule has 6 heteroatoms. The van der Waals surface area contributed by atoms with Crippen LogP contribution in [0.5, 0.6) is 0 Å². The van der Waals surface area contributed by atoms with Crippen LogP contribution in [-0.2, 0) is 11.2 Å². The second kappa shape index (κ2) is 6.57. The predicted molar refractivity (Wildman–Crippen MR) is 93.2 cm³/mol. The predicted octanol–water partition coefficient (Wildman–Crippen LogP) is 1.19. The molecule has 0 saturated carbocycles. The van der Waals surface area contributed by atoms with Crippen molar-refractivity contribution in [2.45, 2.75) is 6.42 Å². The number of para-hydroxylation sites is 1. The molecule has 1 fully saturated rings. The number of carbonyl (C=O) groups excluding carboxylic acids is 1. The first-order chi connectivity index (χ1) is 11.8. The van der Waals surface area contributed by atoms with E-state index in [1.807, 2.05) is 23.1 Å². The summed E-state index contributed by atoms with van der Waals surface area (Å²) in [7, 11) is 0. The van der Waals surface area contributed by atoms with Crippen LogP contribution in [0.1, 0.15) is 5.56 Å². The molecular formula is C18H21N5O. The lowest BCUT2D eigenvalue weighted by atomic mass is 10.2. The number of piperazine rings is 1. The van der Waals surface area contributed by atoms with E-state index < -0.39 is 0 Å². The van der Waals surface area contributed by atoms with Crippen LogP contribution in [0.3, 0.4) is 0 Å². The normalized spacial score (nSPS) is 17.8. The van der Waals surface area contributed by atoms with Gasteiger partial charge in [-0.2, -0.15) is 0 Å². The summed E-state index contributed by atoms with van der Waals surface area (Å²) >= 11 is 0. The molecule has 2 aromatic rings. The zero-order valence-corrected chi connectivity index (χ0v) is 13.6. The van der Waals surface area contributed by atoms with Gasteiger partial charge in [0.25, 0.3) is 0 Å². The van der Waals surface area contributed by atoms with E-state index in [0.717, 1.165) is 50.6 Å². The molecule has 2 aliphatic rings. The molecule has 1 saturated heterocycles. The minimum absolute atomic E-state index is 0.202. The minimum Gasteiger partial charge on any atom is -0.353 e. The third kappa shape index (κ3) is 2.97. The van der Waals surface area contributed by atoms with Gasteiger partial charge < -0.3 is 9.80 Å². The van der Waals surface area contributed by atoms with Crippen LogP contribution >= 0.6 is 0 Å². The maximum Gasteiger partial charge on any atom is 0.241 e. The highest BCUT2D eigenvalue weighted by atomic mass is 16.2. The third-order valence-electron chi connectivity index (χ3n) is 4.79. The number of aromatic nitrogens is 2. The third-order valence-corrected chi connectivity index (χ3v) is 4.79. The van der Waals surface area contributed by atoms with E-state index in [2.05, 4.69) is 25.8 Å². The molecule has 0 bridgehead atoms. The lowest BCUT2D eigenvalue weighted by Crippen LogP contribution is -2.50. The van der Waals surface area contributed by atoms with Crippen LogP contribution in [0.25, 0.3) is 0 Å². The Balaban J connectivity index is 1.34. The van der Waals surface area contributed by atoms with E-state index in [0.29, 0.717) is 6.54 Å². The monoisotopic (exact) mass is 323 g/mol. The Kier molecular flexibility index (Phi) is 4.13. The van der Waals surface area contributed by atoms with Gasteiger partial charge in [0.1, 0.15) is 5.82 Å². The average molecular weight is 323 g/mol. The van der Waals surface area contributed by atoms with Crippen LogP contribution < -0.4 is 9.80 Å². The van der Waals surface area contributed by atoms with Gasteiger partial charge in [0, 0.05) is 50.8 Å². The molecule has 0 N–H and O–H groups in total. The maximum atomic E-state index is 12.7. The fourth-order valence-electron chi connectivity index (χ4n) is 3.46. The summed E-state index contributed by atoms with van der Waals surface area (Å²) in [4.78, 5) is 27.5. The van der Waals surface area contributed by atoms with Crippen molar-refractivity contribution in [3.63, 3.8) is 0 Å². The Labute approximate surface area is 141 Å². The Morgan fingerprint density at radius 3 is 2.67 bits per heavy atom. The first-order valence-electron chi connectivity index (χ1n) is 8.43. The van der Waals surface area contributed by atoms with Gasteiger partial charge in [-0.1, -0.05) is 18.2 Å². The lowest BCUT2D eigenvalue weighted by molar-refractivity contribution is -0.119. The van der Waals surface area contributed by atoms with Crippen molar-refractivity contribution < 1.29 is 4.79 Å². The number of benzene rings is 1. The Morgan fingerprint density at radius 1 is 1.04 bits per heavy atom. The highest BCUT2D eigenvalue weighted by Gasteiger charge is 2.27. The van der Waals surface area contributed by atoms with E-state index in [1.54, 1.807) is 18.6 Å². The molecular weight excluding hydrogens is 302 g/mol. The lowest BCUT2D eigenvalue weighted by Gasteiger charge is -2.35. The van der Waals surface area contributed by atoms with Crippen LogP contribution in [0.4, 0.5) is 11.5 Å². The summed E-state index contributed by atoms with van der Waals surface area (Å²) < 4.78 is 0. The molecule has 4 rings (SSSR count). The largest absolute Gasteiger partial charge is 0.353 e. The van der Waals surface area contributed by atoms with Crippen LogP contribution in [0, 0.1) is 0 Å². The number of anilines is 2. The molecule has 0 aliphatic carbocycles. The molecule has 0 radical (unpaired) electrons. The SMILES string of the molecule is O=C(CN1CCN(c2cnccn2)CC1)N1CCc2ccccc21. The van der Waals surface area contributed by atoms with Crippen molar-refractivity contribution in [3.05, 3.63) is 48.4 Å². The summed E-state index contributed by atoms with van der Waals surface area (Å²) in [6.45, 7) is 4.79. The fourth-order valence-corrected chi connectivity index (χ4v) is 3.46. The smallest absolute Gasteiger partial charge is 0.241 e. The molecule has 1 aromatic carbocycles. The maximum absolute atomic E-state index is 12.7. The number of hydrogen-bond acceptors (Lipinski definition) is 5. The number of amides is 1.